The molecule has 4 N–H and O–H groups in total. The number of amides is 2. The van der Waals surface area contributed by atoms with E-state index >= 15 is 0 Å². The molecule has 156 valence electrons. The summed E-state index contributed by atoms with van der Waals surface area (Å²) in [7, 11) is -3.47. The Kier molecular flexibility index (Phi) is 5.01. The summed E-state index contributed by atoms with van der Waals surface area (Å²) in [5, 5.41) is 19.1. The van der Waals surface area contributed by atoms with Crippen LogP contribution in [0.2, 0.25) is 0 Å². The highest BCUT2D eigenvalue weighted by Crippen LogP contribution is 2.44. The van der Waals surface area contributed by atoms with Gasteiger partial charge in [-0.05, 0) is 64.0 Å². The first kappa shape index (κ1) is 20.4. The second-order valence-corrected chi connectivity index (χ2v) is 11.2. The van der Waals surface area contributed by atoms with Gasteiger partial charge in [0, 0.05) is 17.3 Å². The maximum absolute atomic E-state index is 12.9. The van der Waals surface area contributed by atoms with Gasteiger partial charge in [-0.15, -0.1) is 15.7 Å². The van der Waals surface area contributed by atoms with Gasteiger partial charge in [-0.25, -0.2) is 19.1 Å². The first-order valence-electron chi connectivity index (χ1n) is 9.63. The second-order valence-electron chi connectivity index (χ2n) is 8.18. The minimum atomic E-state index is -3.47. The van der Waals surface area contributed by atoms with Crippen LogP contribution in [-0.4, -0.2) is 25.3 Å². The number of nitrogens with two attached hydrogens (primary N) is 1. The molecule has 4 rings (SSSR count). The van der Waals surface area contributed by atoms with Gasteiger partial charge in [0.05, 0.1) is 11.9 Å². The zero-order chi connectivity index (χ0) is 21.0. The van der Waals surface area contributed by atoms with Crippen molar-refractivity contribution < 1.29 is 14.1 Å². The van der Waals surface area contributed by atoms with E-state index in [1.807, 2.05) is 6.92 Å². The maximum Gasteiger partial charge on any atom is 0.354 e. The number of pyridine rings is 1. The number of carbonyl (C=O) groups excluding carboxylic acids is 1. The van der Waals surface area contributed by atoms with E-state index in [2.05, 4.69) is 14.7 Å². The Labute approximate surface area is 174 Å². The molecule has 1 atom stereocenters. The molecule has 2 aliphatic rings. The molecule has 8 nitrogen and oxygen atoms in total. The third-order valence-electron chi connectivity index (χ3n) is 5.22. The van der Waals surface area contributed by atoms with Crippen molar-refractivity contribution in [3.63, 3.8) is 0 Å². The summed E-state index contributed by atoms with van der Waals surface area (Å²) in [6.07, 6.45) is 6.31. The number of fused-ring (bicyclic) bond motifs is 1. The van der Waals surface area contributed by atoms with Crippen LogP contribution in [-0.2, 0) is 28.4 Å². The van der Waals surface area contributed by atoms with Crippen molar-refractivity contribution in [2.24, 2.45) is 9.50 Å². The molecule has 0 radical (unpaired) electrons. The van der Waals surface area contributed by atoms with Gasteiger partial charge in [-0.1, -0.05) is 0 Å². The van der Waals surface area contributed by atoms with Crippen molar-refractivity contribution in [3.05, 3.63) is 33.7 Å². The zero-order valence-corrected chi connectivity index (χ0v) is 18.3. The number of thiazole rings is 1. The number of carbonyl (C=O) groups is 1. The quantitative estimate of drug-likeness (QED) is 0.678. The lowest BCUT2D eigenvalue weighted by Crippen LogP contribution is -2.18. The first-order valence-corrected chi connectivity index (χ1v) is 12.0. The fraction of sp³-hybridized carbons (Fsp3) is 0.526. The summed E-state index contributed by atoms with van der Waals surface area (Å²) in [4.78, 5) is 21.5. The Morgan fingerprint density at radius 1 is 1.41 bits per heavy atom. The number of anilines is 1. The topological polar surface area (TPSA) is 131 Å². The van der Waals surface area contributed by atoms with Gasteiger partial charge >= 0.3 is 6.03 Å². The highest BCUT2D eigenvalue weighted by atomic mass is 32.2. The number of hydrogen-bond acceptors (Lipinski definition) is 6. The predicted molar refractivity (Wildman–Crippen MR) is 112 cm³/mol. The van der Waals surface area contributed by atoms with E-state index in [0.29, 0.717) is 10.9 Å². The van der Waals surface area contributed by atoms with Crippen LogP contribution in [0.5, 0.6) is 0 Å². The number of aromatic nitrogens is 2. The van der Waals surface area contributed by atoms with Crippen LogP contribution in [0.25, 0.3) is 0 Å². The molecule has 2 heterocycles. The van der Waals surface area contributed by atoms with Crippen LogP contribution < -0.4 is 10.5 Å². The van der Waals surface area contributed by atoms with Gasteiger partial charge in [-0.3, -0.25) is 4.98 Å². The largest absolute Gasteiger partial charge is 0.383 e. The Balaban J connectivity index is 1.65. The van der Waals surface area contributed by atoms with Crippen molar-refractivity contribution in [1.29, 1.82) is 0 Å². The SMILES string of the molecule is Cc1c(C2CC2)nc2c(c1NC(=O)N=[S@](N)(=O)c1cnc(C(C)(C)O)s1)CCC2. The van der Waals surface area contributed by atoms with Gasteiger partial charge in [-0.2, -0.15) is 0 Å². The van der Waals surface area contributed by atoms with Crippen molar-refractivity contribution in [3.8, 4) is 0 Å². The molecule has 0 saturated heterocycles. The molecule has 0 spiro atoms. The van der Waals surface area contributed by atoms with Gasteiger partial charge in [0.25, 0.3) is 0 Å². The monoisotopic (exact) mass is 435 g/mol. The van der Waals surface area contributed by atoms with E-state index in [1.54, 1.807) is 13.8 Å². The smallest absolute Gasteiger partial charge is 0.354 e. The van der Waals surface area contributed by atoms with Crippen LogP contribution in [0.4, 0.5) is 10.5 Å². The molecule has 0 aromatic carbocycles. The third kappa shape index (κ3) is 4.07. The number of rotatable bonds is 4. The Morgan fingerprint density at radius 2 is 2.14 bits per heavy atom. The minimum Gasteiger partial charge on any atom is -0.383 e. The lowest BCUT2D eigenvalue weighted by molar-refractivity contribution is 0.0783. The van der Waals surface area contributed by atoms with Gasteiger partial charge < -0.3 is 10.4 Å². The summed E-state index contributed by atoms with van der Waals surface area (Å²) < 4.78 is 16.8. The van der Waals surface area contributed by atoms with Crippen LogP contribution >= 0.6 is 11.3 Å². The van der Waals surface area contributed by atoms with E-state index in [-0.39, 0.29) is 4.21 Å². The summed E-state index contributed by atoms with van der Waals surface area (Å²) in [5.41, 5.74) is 3.64. The second kappa shape index (κ2) is 7.12. The normalized spacial score (nSPS) is 18.2. The zero-order valence-electron chi connectivity index (χ0n) is 16.7. The molecule has 0 aliphatic heterocycles. The number of hydrogen-bond donors (Lipinski definition) is 3. The number of nitrogens with zero attached hydrogens (tertiary/aromatic N) is 3. The molecule has 10 heteroatoms. The molecule has 2 amide bonds. The van der Waals surface area contributed by atoms with E-state index < -0.39 is 21.5 Å². The number of urea groups is 1. The molecule has 0 unspecified atom stereocenters. The van der Waals surface area contributed by atoms with Crippen molar-refractivity contribution >= 4 is 33.0 Å². The summed E-state index contributed by atoms with van der Waals surface area (Å²) in [6.45, 7) is 5.11. The van der Waals surface area contributed by atoms with Crippen LogP contribution in [0.15, 0.2) is 14.8 Å². The lowest BCUT2D eigenvalue weighted by Gasteiger charge is -2.16. The van der Waals surface area contributed by atoms with E-state index in [1.165, 1.54) is 6.20 Å². The van der Waals surface area contributed by atoms with Crippen LogP contribution in [0, 0.1) is 6.92 Å². The fourth-order valence-corrected chi connectivity index (χ4v) is 5.67. The molecular formula is C19H25N5O3S2. The standard InChI is InChI=1S/C19H25N5O3S2/c1-10-15(11-7-8-11)22-13-6-4-5-12(13)16(10)23-18(25)24-29(20,27)14-9-21-17(28-14)19(2,3)26/h9,11,26H,4-8H2,1-3H3,(H3,20,22,23,24,25,27)/t29-/m0/s1. The summed E-state index contributed by atoms with van der Waals surface area (Å²) in [6, 6.07) is -0.749. The Hall–Kier alpha value is -1.88. The van der Waals surface area contributed by atoms with E-state index in [9.17, 15) is 14.1 Å². The molecule has 1 fully saturated rings. The Bertz CT molecular complexity index is 1110. The maximum atomic E-state index is 12.9. The number of aliphatic hydroxyl groups is 1. The van der Waals surface area contributed by atoms with Crippen LogP contribution in [0.3, 0.4) is 0 Å². The van der Waals surface area contributed by atoms with E-state index in [0.717, 1.165) is 71.6 Å². The molecule has 1 saturated carbocycles. The first-order chi connectivity index (χ1) is 13.6. The van der Waals surface area contributed by atoms with E-state index in [4.69, 9.17) is 10.1 Å². The predicted octanol–water partition coefficient (Wildman–Crippen LogP) is 3.37. The van der Waals surface area contributed by atoms with Gasteiger partial charge in [0.1, 0.15) is 14.8 Å². The van der Waals surface area contributed by atoms with Gasteiger partial charge in [0.2, 0.25) is 0 Å². The average molecular weight is 436 g/mol. The Morgan fingerprint density at radius 3 is 2.76 bits per heavy atom. The van der Waals surface area contributed by atoms with Crippen LogP contribution in [0.1, 0.15) is 66.6 Å². The van der Waals surface area contributed by atoms with Crippen molar-refractivity contribution in [2.75, 3.05) is 5.32 Å². The molecule has 0 bridgehead atoms. The third-order valence-corrected chi connectivity index (χ3v) is 8.41. The molecule has 29 heavy (non-hydrogen) atoms. The molecule has 2 aromatic heterocycles. The van der Waals surface area contributed by atoms with Crippen molar-refractivity contribution in [2.45, 2.75) is 68.6 Å². The highest BCUT2D eigenvalue weighted by Gasteiger charge is 2.31. The fourth-order valence-electron chi connectivity index (χ4n) is 3.60. The molecule has 2 aliphatic carbocycles. The summed E-state index contributed by atoms with van der Waals surface area (Å²) in [5.74, 6) is 0.463. The average Bonchev–Trinajstić information content (AvgIpc) is 3.13. The van der Waals surface area contributed by atoms with Gasteiger partial charge in [0.15, 0.2) is 9.92 Å². The minimum absolute atomic E-state index is 0.153. The highest BCUT2D eigenvalue weighted by molar-refractivity contribution is 7.93. The summed E-state index contributed by atoms with van der Waals surface area (Å²) >= 11 is 0.988. The number of nitrogens with one attached hydrogen (secondary N) is 1. The molecular weight excluding hydrogens is 410 g/mol. The number of aryl methyl sites for hydroxylation is 1. The molecule has 2 aromatic rings. The lowest BCUT2D eigenvalue weighted by atomic mass is 10.0. The van der Waals surface area contributed by atoms with Crippen molar-refractivity contribution in [1.82, 2.24) is 9.97 Å².